The molecular formula is C30H29N3O4S. The van der Waals surface area contributed by atoms with Crippen molar-refractivity contribution < 1.29 is 19.1 Å². The molecule has 2 heterocycles. The second-order valence-electron chi connectivity index (χ2n) is 9.28. The van der Waals surface area contributed by atoms with Crippen LogP contribution in [0, 0.1) is 6.92 Å². The number of ether oxygens (including phenoxy) is 1. The number of piperazine rings is 1. The third kappa shape index (κ3) is 5.92. The van der Waals surface area contributed by atoms with Gasteiger partial charge in [0.05, 0.1) is 4.91 Å². The van der Waals surface area contributed by atoms with Crippen LogP contribution in [0.5, 0.6) is 5.75 Å². The maximum absolute atomic E-state index is 13.1. The Morgan fingerprint density at radius 2 is 1.58 bits per heavy atom. The van der Waals surface area contributed by atoms with Gasteiger partial charge in [-0.1, -0.05) is 66.2 Å². The molecule has 2 aliphatic heterocycles. The molecule has 2 fully saturated rings. The van der Waals surface area contributed by atoms with Gasteiger partial charge in [0, 0.05) is 37.4 Å². The van der Waals surface area contributed by atoms with Crippen LogP contribution in [0.15, 0.2) is 83.8 Å². The standard InChI is InChI=1S/C30H29N3O4S/c1-22-11-13-23(14-12-22)21-37-26-10-6-5-7-24(26)19-27-29(35)33(30(36)38-27)20-28(34)32-17-15-31(16-18-32)25-8-3-2-4-9-25/h2-14,19H,15-18,20-21H2,1H3/b27-19+. The molecule has 0 radical (unpaired) electrons. The van der Waals surface area contributed by atoms with Gasteiger partial charge in [0.25, 0.3) is 11.1 Å². The van der Waals surface area contributed by atoms with Crippen LogP contribution in [0.3, 0.4) is 0 Å². The van der Waals surface area contributed by atoms with E-state index < -0.39 is 11.1 Å². The average molecular weight is 528 g/mol. The number of nitrogens with zero attached hydrogens (tertiary/aromatic N) is 3. The fourth-order valence-electron chi connectivity index (χ4n) is 4.44. The summed E-state index contributed by atoms with van der Waals surface area (Å²) < 4.78 is 6.02. The fourth-order valence-corrected chi connectivity index (χ4v) is 5.27. The smallest absolute Gasteiger partial charge is 0.294 e. The lowest BCUT2D eigenvalue weighted by Crippen LogP contribution is -2.51. The molecule has 194 valence electrons. The van der Waals surface area contributed by atoms with Gasteiger partial charge in [-0.3, -0.25) is 19.3 Å². The van der Waals surface area contributed by atoms with Gasteiger partial charge in [-0.15, -0.1) is 0 Å². The van der Waals surface area contributed by atoms with Crippen LogP contribution in [0.1, 0.15) is 16.7 Å². The number of hydrogen-bond donors (Lipinski definition) is 0. The predicted molar refractivity (Wildman–Crippen MR) is 150 cm³/mol. The summed E-state index contributed by atoms with van der Waals surface area (Å²) in [6, 6.07) is 25.6. The van der Waals surface area contributed by atoms with Crippen molar-refractivity contribution in [3.63, 3.8) is 0 Å². The summed E-state index contributed by atoms with van der Waals surface area (Å²) in [5.41, 5.74) is 4.04. The first-order valence-corrected chi connectivity index (χ1v) is 13.4. The van der Waals surface area contributed by atoms with E-state index in [2.05, 4.69) is 17.0 Å². The highest BCUT2D eigenvalue weighted by Gasteiger charge is 2.37. The molecule has 0 aliphatic carbocycles. The van der Waals surface area contributed by atoms with Gasteiger partial charge >= 0.3 is 0 Å². The molecule has 2 saturated heterocycles. The maximum Gasteiger partial charge on any atom is 0.294 e. The van der Waals surface area contributed by atoms with Crippen LogP contribution in [0.4, 0.5) is 10.5 Å². The van der Waals surface area contributed by atoms with Crippen LogP contribution in [-0.2, 0) is 16.2 Å². The number of carbonyl (C=O) groups is 3. The minimum absolute atomic E-state index is 0.219. The van der Waals surface area contributed by atoms with Crippen LogP contribution in [-0.4, -0.2) is 59.6 Å². The molecule has 0 saturated carbocycles. The van der Waals surface area contributed by atoms with Gasteiger partial charge in [-0.2, -0.15) is 0 Å². The molecule has 0 N–H and O–H groups in total. The Hall–Kier alpha value is -4.04. The molecule has 38 heavy (non-hydrogen) atoms. The van der Waals surface area contributed by atoms with Crippen molar-refractivity contribution in [2.75, 3.05) is 37.6 Å². The molecule has 3 aromatic carbocycles. The first-order valence-electron chi connectivity index (χ1n) is 12.6. The summed E-state index contributed by atoms with van der Waals surface area (Å²) in [4.78, 5) is 44.0. The second-order valence-corrected chi connectivity index (χ2v) is 10.3. The van der Waals surface area contributed by atoms with E-state index in [0.717, 1.165) is 27.9 Å². The fraction of sp³-hybridized carbons (Fsp3) is 0.233. The number of benzene rings is 3. The Morgan fingerprint density at radius 1 is 0.895 bits per heavy atom. The Kier molecular flexibility index (Phi) is 7.79. The van der Waals surface area contributed by atoms with Crippen molar-refractivity contribution in [1.29, 1.82) is 0 Å². The van der Waals surface area contributed by atoms with Gasteiger partial charge in [-0.25, -0.2) is 0 Å². The van der Waals surface area contributed by atoms with Crippen LogP contribution < -0.4 is 9.64 Å². The van der Waals surface area contributed by atoms with E-state index in [0.29, 0.717) is 44.1 Å². The van der Waals surface area contributed by atoms with Crippen LogP contribution in [0.2, 0.25) is 0 Å². The number of anilines is 1. The van der Waals surface area contributed by atoms with Crippen molar-refractivity contribution in [2.45, 2.75) is 13.5 Å². The summed E-state index contributed by atoms with van der Waals surface area (Å²) >= 11 is 0.852. The Balaban J connectivity index is 1.21. The van der Waals surface area contributed by atoms with E-state index in [1.165, 1.54) is 5.56 Å². The zero-order valence-electron chi connectivity index (χ0n) is 21.2. The van der Waals surface area contributed by atoms with Crippen LogP contribution in [0.25, 0.3) is 6.08 Å². The summed E-state index contributed by atoms with van der Waals surface area (Å²) in [6.07, 6.45) is 1.67. The number of thioether (sulfide) groups is 1. The van der Waals surface area contributed by atoms with Crippen LogP contribution >= 0.6 is 11.8 Å². The number of amides is 3. The molecule has 0 unspecified atom stereocenters. The molecular weight excluding hydrogens is 498 g/mol. The third-order valence-corrected chi connectivity index (χ3v) is 7.55. The zero-order valence-corrected chi connectivity index (χ0v) is 22.0. The normalized spacial score (nSPS) is 16.9. The maximum atomic E-state index is 13.1. The minimum atomic E-state index is -0.454. The third-order valence-electron chi connectivity index (χ3n) is 6.64. The number of carbonyl (C=O) groups excluding carboxylic acids is 3. The predicted octanol–water partition coefficient (Wildman–Crippen LogP) is 4.96. The highest BCUT2D eigenvalue weighted by atomic mass is 32.2. The molecule has 8 heteroatoms. The van der Waals surface area contributed by atoms with Crippen molar-refractivity contribution >= 4 is 40.6 Å². The number of rotatable bonds is 7. The highest BCUT2D eigenvalue weighted by molar-refractivity contribution is 8.18. The molecule has 7 nitrogen and oxygen atoms in total. The van der Waals surface area contributed by atoms with Gasteiger partial charge in [0.2, 0.25) is 5.91 Å². The molecule has 3 aromatic rings. The summed E-state index contributed by atoms with van der Waals surface area (Å²) in [5.74, 6) is -0.0556. The second kappa shape index (κ2) is 11.6. The number of aryl methyl sites for hydroxylation is 1. The summed E-state index contributed by atoms with van der Waals surface area (Å²) in [5, 5.41) is -0.435. The van der Waals surface area contributed by atoms with Gasteiger partial charge in [0.15, 0.2) is 0 Å². The van der Waals surface area contributed by atoms with Crippen molar-refractivity contribution in [2.24, 2.45) is 0 Å². The van der Waals surface area contributed by atoms with E-state index in [4.69, 9.17) is 4.74 Å². The van der Waals surface area contributed by atoms with E-state index >= 15 is 0 Å². The quantitative estimate of drug-likeness (QED) is 0.405. The molecule has 2 aliphatic rings. The molecule has 0 spiro atoms. The first kappa shape index (κ1) is 25.6. The topological polar surface area (TPSA) is 70.2 Å². The summed E-state index contributed by atoms with van der Waals surface area (Å²) in [6.45, 7) is 4.68. The summed E-state index contributed by atoms with van der Waals surface area (Å²) in [7, 11) is 0. The van der Waals surface area contributed by atoms with Gasteiger partial charge in [-0.05, 0) is 48.5 Å². The van der Waals surface area contributed by atoms with E-state index in [9.17, 15) is 14.4 Å². The first-order chi connectivity index (χ1) is 18.5. The van der Waals surface area contributed by atoms with Gasteiger partial charge in [0.1, 0.15) is 18.9 Å². The van der Waals surface area contributed by atoms with Crippen molar-refractivity contribution in [1.82, 2.24) is 9.80 Å². The molecule has 5 rings (SSSR count). The lowest BCUT2D eigenvalue weighted by Gasteiger charge is -2.36. The number of para-hydroxylation sites is 2. The van der Waals surface area contributed by atoms with Crippen molar-refractivity contribution in [3.8, 4) is 5.75 Å². The Bertz CT molecular complexity index is 1350. The highest BCUT2D eigenvalue weighted by Crippen LogP contribution is 2.34. The van der Waals surface area contributed by atoms with E-state index in [1.807, 2.05) is 73.7 Å². The lowest BCUT2D eigenvalue weighted by atomic mass is 10.1. The number of imide groups is 1. The minimum Gasteiger partial charge on any atom is -0.488 e. The largest absolute Gasteiger partial charge is 0.488 e. The Morgan fingerprint density at radius 3 is 2.32 bits per heavy atom. The molecule has 3 amide bonds. The monoisotopic (exact) mass is 527 g/mol. The van der Waals surface area contributed by atoms with Gasteiger partial charge < -0.3 is 14.5 Å². The van der Waals surface area contributed by atoms with E-state index in [-0.39, 0.29) is 17.4 Å². The SMILES string of the molecule is Cc1ccc(COc2ccccc2/C=C2/SC(=O)N(CC(=O)N3CCN(c4ccccc4)CC3)C2=O)cc1. The van der Waals surface area contributed by atoms with Crippen molar-refractivity contribution in [3.05, 3.63) is 100 Å². The number of hydrogen-bond acceptors (Lipinski definition) is 6. The molecule has 0 bridgehead atoms. The zero-order chi connectivity index (χ0) is 26.5. The molecule has 0 atom stereocenters. The average Bonchev–Trinajstić information content (AvgIpc) is 3.21. The molecule has 0 aromatic heterocycles. The lowest BCUT2D eigenvalue weighted by molar-refractivity contribution is -0.136. The Labute approximate surface area is 226 Å². The van der Waals surface area contributed by atoms with E-state index in [1.54, 1.807) is 11.0 Å².